The summed E-state index contributed by atoms with van der Waals surface area (Å²) in [5.74, 6) is 0.702. The van der Waals surface area contributed by atoms with Crippen LogP contribution in [0.5, 0.6) is 0 Å². The van der Waals surface area contributed by atoms with Crippen LogP contribution < -0.4 is 5.73 Å². The summed E-state index contributed by atoms with van der Waals surface area (Å²) in [7, 11) is 0. The van der Waals surface area contributed by atoms with Gasteiger partial charge in [-0.3, -0.25) is 0 Å². The molecule has 2 aromatic rings. The van der Waals surface area contributed by atoms with Crippen LogP contribution in [0.4, 0.5) is 5.69 Å². The minimum atomic E-state index is 0.578. The molecule has 0 saturated carbocycles. The maximum Gasteiger partial charge on any atom is 0.183 e. The second-order valence-corrected chi connectivity index (χ2v) is 5.64. The van der Waals surface area contributed by atoms with E-state index in [1.54, 1.807) is 6.07 Å². The van der Waals surface area contributed by atoms with Crippen LogP contribution in [0.1, 0.15) is 45.4 Å². The van der Waals surface area contributed by atoms with Crippen LogP contribution >= 0.6 is 11.6 Å². The minimum absolute atomic E-state index is 0.578. The first kappa shape index (κ1) is 15.8. The molecule has 0 atom stereocenters. The largest absolute Gasteiger partial charge is 0.399 e. The summed E-state index contributed by atoms with van der Waals surface area (Å²) >= 11 is 6.22. The molecule has 5 nitrogen and oxygen atoms in total. The van der Waals surface area contributed by atoms with E-state index in [0.29, 0.717) is 16.5 Å². The first-order valence-electron chi connectivity index (χ1n) is 7.54. The van der Waals surface area contributed by atoms with E-state index in [4.69, 9.17) is 17.3 Å². The Bertz CT molecular complexity index is 567. The van der Waals surface area contributed by atoms with Gasteiger partial charge in [-0.05, 0) is 35.0 Å². The van der Waals surface area contributed by atoms with Crippen molar-refractivity contribution in [3.63, 3.8) is 0 Å². The first-order valence-corrected chi connectivity index (χ1v) is 7.91. The highest BCUT2D eigenvalue weighted by Gasteiger charge is 2.12. The average Bonchev–Trinajstić information content (AvgIpc) is 2.91. The molecule has 0 amide bonds. The number of tetrazole rings is 1. The number of halogens is 1. The van der Waals surface area contributed by atoms with Crippen LogP contribution in [0, 0.1) is 0 Å². The zero-order valence-corrected chi connectivity index (χ0v) is 13.2. The molecule has 1 heterocycles. The Morgan fingerprint density at radius 2 is 1.90 bits per heavy atom. The number of nitrogens with two attached hydrogens (primary N) is 1. The van der Waals surface area contributed by atoms with Crippen molar-refractivity contribution < 1.29 is 0 Å². The molecule has 0 unspecified atom stereocenters. The third kappa shape index (κ3) is 4.43. The molecule has 114 valence electrons. The van der Waals surface area contributed by atoms with E-state index < -0.39 is 0 Å². The quantitative estimate of drug-likeness (QED) is 0.592. The number of aromatic nitrogens is 4. The van der Waals surface area contributed by atoms with E-state index in [1.165, 1.54) is 32.1 Å². The minimum Gasteiger partial charge on any atom is -0.399 e. The lowest BCUT2D eigenvalue weighted by molar-refractivity contribution is 0.519. The van der Waals surface area contributed by atoms with Crippen LogP contribution in [-0.4, -0.2) is 20.2 Å². The number of nitrogen functional groups attached to an aromatic ring is 1. The van der Waals surface area contributed by atoms with Crippen LogP contribution in [0.25, 0.3) is 11.4 Å². The normalized spacial score (nSPS) is 11.0. The van der Waals surface area contributed by atoms with Crippen LogP contribution in [-0.2, 0) is 6.54 Å². The fraction of sp³-hybridized carbons (Fsp3) is 0.533. The molecule has 0 radical (unpaired) electrons. The molecule has 21 heavy (non-hydrogen) atoms. The smallest absolute Gasteiger partial charge is 0.183 e. The molecule has 2 rings (SSSR count). The number of nitrogens with zero attached hydrogens (tertiary/aromatic N) is 4. The number of unbranched alkanes of at least 4 members (excludes halogenated alkanes) is 5. The number of benzene rings is 1. The summed E-state index contributed by atoms with van der Waals surface area (Å²) in [6.07, 6.45) is 7.45. The molecule has 0 aliphatic heterocycles. The number of hydrogen-bond acceptors (Lipinski definition) is 4. The van der Waals surface area contributed by atoms with Gasteiger partial charge in [-0.2, -0.15) is 0 Å². The van der Waals surface area contributed by atoms with Crippen molar-refractivity contribution in [2.24, 2.45) is 0 Å². The zero-order chi connectivity index (χ0) is 15.1. The van der Waals surface area contributed by atoms with Gasteiger partial charge < -0.3 is 5.73 Å². The third-order valence-electron chi connectivity index (χ3n) is 3.49. The summed E-state index contributed by atoms with van der Waals surface area (Å²) in [5, 5.41) is 12.5. The predicted molar refractivity (Wildman–Crippen MR) is 86.1 cm³/mol. The fourth-order valence-corrected chi connectivity index (χ4v) is 2.58. The van der Waals surface area contributed by atoms with Crippen LogP contribution in [0.2, 0.25) is 5.02 Å². The summed E-state index contributed by atoms with van der Waals surface area (Å²) in [6.45, 7) is 3.04. The van der Waals surface area contributed by atoms with Crippen LogP contribution in [0.15, 0.2) is 18.2 Å². The van der Waals surface area contributed by atoms with Gasteiger partial charge in [0.2, 0.25) is 0 Å². The molecule has 0 fully saturated rings. The topological polar surface area (TPSA) is 69.6 Å². The maximum absolute atomic E-state index is 6.22. The molecule has 0 aliphatic rings. The Kier molecular flexibility index (Phi) is 5.99. The molecule has 0 aliphatic carbocycles. The Morgan fingerprint density at radius 1 is 1.14 bits per heavy atom. The monoisotopic (exact) mass is 307 g/mol. The maximum atomic E-state index is 6.22. The number of anilines is 1. The molecule has 2 N–H and O–H groups in total. The molecule has 0 saturated heterocycles. The van der Waals surface area contributed by atoms with Gasteiger partial charge in [0.15, 0.2) is 5.82 Å². The van der Waals surface area contributed by atoms with E-state index in [0.717, 1.165) is 18.5 Å². The highest BCUT2D eigenvalue weighted by molar-refractivity contribution is 6.33. The molecule has 0 bridgehead atoms. The second-order valence-electron chi connectivity index (χ2n) is 5.23. The Labute approximate surface area is 130 Å². The SMILES string of the molecule is CCCCCCCCn1nnnc1-c1ccc(N)cc1Cl. The van der Waals surface area contributed by atoms with E-state index >= 15 is 0 Å². The second kappa shape index (κ2) is 7.98. The first-order chi connectivity index (χ1) is 10.2. The van der Waals surface area contributed by atoms with Crippen LogP contribution in [0.3, 0.4) is 0 Å². The lowest BCUT2D eigenvalue weighted by Gasteiger charge is -2.07. The lowest BCUT2D eigenvalue weighted by atomic mass is 10.1. The van der Waals surface area contributed by atoms with Gasteiger partial charge >= 0.3 is 0 Å². The molecule has 6 heteroatoms. The highest BCUT2D eigenvalue weighted by atomic mass is 35.5. The zero-order valence-electron chi connectivity index (χ0n) is 12.4. The standard InChI is InChI=1S/C15H22ClN5/c1-2-3-4-5-6-7-10-21-15(18-19-20-21)13-9-8-12(17)11-14(13)16/h8-9,11H,2-7,10,17H2,1H3. The molecular weight excluding hydrogens is 286 g/mol. The summed E-state index contributed by atoms with van der Waals surface area (Å²) in [4.78, 5) is 0. The Hall–Kier alpha value is -1.62. The average molecular weight is 308 g/mol. The van der Waals surface area contributed by atoms with Crippen molar-refractivity contribution >= 4 is 17.3 Å². The lowest BCUT2D eigenvalue weighted by Crippen LogP contribution is -2.03. The van der Waals surface area contributed by atoms with Crippen molar-refractivity contribution in [3.05, 3.63) is 23.2 Å². The van der Waals surface area contributed by atoms with Gasteiger partial charge in [0, 0.05) is 17.8 Å². The van der Waals surface area contributed by atoms with Gasteiger partial charge in [-0.15, -0.1) is 5.10 Å². The van der Waals surface area contributed by atoms with E-state index in [-0.39, 0.29) is 0 Å². The van der Waals surface area contributed by atoms with Gasteiger partial charge in [0.05, 0.1) is 5.02 Å². The van der Waals surface area contributed by atoms with E-state index in [1.807, 2.05) is 16.8 Å². The van der Waals surface area contributed by atoms with Gasteiger partial charge in [0.1, 0.15) is 0 Å². The molecule has 1 aromatic carbocycles. The van der Waals surface area contributed by atoms with Crippen molar-refractivity contribution in [1.82, 2.24) is 20.2 Å². The molecule has 0 spiro atoms. The Balaban J connectivity index is 1.95. The Morgan fingerprint density at radius 3 is 2.67 bits per heavy atom. The number of hydrogen-bond donors (Lipinski definition) is 1. The predicted octanol–water partition coefficient (Wildman–Crippen LogP) is 3.94. The van der Waals surface area contributed by atoms with Crippen molar-refractivity contribution in [1.29, 1.82) is 0 Å². The molecular formula is C15H22ClN5. The van der Waals surface area contributed by atoms with E-state index in [9.17, 15) is 0 Å². The summed E-state index contributed by atoms with van der Waals surface area (Å²) < 4.78 is 1.82. The van der Waals surface area contributed by atoms with Gasteiger partial charge in [-0.25, -0.2) is 4.68 Å². The fourth-order valence-electron chi connectivity index (χ4n) is 2.30. The molecule has 1 aromatic heterocycles. The third-order valence-corrected chi connectivity index (χ3v) is 3.80. The van der Waals surface area contributed by atoms with Crippen molar-refractivity contribution in [2.45, 2.75) is 52.0 Å². The number of rotatable bonds is 8. The number of aryl methyl sites for hydroxylation is 1. The highest BCUT2D eigenvalue weighted by Crippen LogP contribution is 2.27. The van der Waals surface area contributed by atoms with Gasteiger partial charge in [-0.1, -0.05) is 50.6 Å². The van der Waals surface area contributed by atoms with Gasteiger partial charge in [0.25, 0.3) is 0 Å². The van der Waals surface area contributed by atoms with Crippen molar-refractivity contribution in [2.75, 3.05) is 5.73 Å². The summed E-state index contributed by atoms with van der Waals surface area (Å²) in [6, 6.07) is 5.40. The van der Waals surface area contributed by atoms with Crippen molar-refractivity contribution in [3.8, 4) is 11.4 Å². The summed E-state index contributed by atoms with van der Waals surface area (Å²) in [5.41, 5.74) is 7.17. The van der Waals surface area contributed by atoms with E-state index in [2.05, 4.69) is 22.4 Å².